The predicted molar refractivity (Wildman–Crippen MR) is 70.7 cm³/mol. The van der Waals surface area contributed by atoms with E-state index < -0.39 is 12.1 Å². The average Bonchev–Trinajstić information content (AvgIpc) is 2.39. The molecule has 3 N–H and O–H groups in total. The van der Waals surface area contributed by atoms with Crippen molar-refractivity contribution in [1.29, 1.82) is 0 Å². The first-order valence-electron chi connectivity index (χ1n) is 6.15. The molecule has 1 amide bonds. The van der Waals surface area contributed by atoms with Crippen LogP contribution in [0.15, 0.2) is 30.3 Å². The van der Waals surface area contributed by atoms with Crippen LogP contribution >= 0.6 is 0 Å². The van der Waals surface area contributed by atoms with Crippen molar-refractivity contribution in [2.24, 2.45) is 5.73 Å². The molecule has 0 heterocycles. The minimum absolute atomic E-state index is 0.305. The lowest BCUT2D eigenvalue weighted by molar-refractivity contribution is -0.122. The first kappa shape index (κ1) is 14.4. The minimum Gasteiger partial charge on any atom is -0.344 e. The van der Waals surface area contributed by atoms with E-state index in [-0.39, 0.29) is 5.91 Å². The summed E-state index contributed by atoms with van der Waals surface area (Å²) in [6.45, 7) is 1.94. The Morgan fingerprint density at radius 1 is 1.39 bits per heavy atom. The van der Waals surface area contributed by atoms with Gasteiger partial charge < -0.3 is 11.1 Å². The second-order valence-corrected chi connectivity index (χ2v) is 4.26. The molecule has 1 aromatic carbocycles. The molecular weight excluding hydrogens is 228 g/mol. The van der Waals surface area contributed by atoms with Gasteiger partial charge in [0.2, 0.25) is 12.2 Å². The van der Waals surface area contributed by atoms with Crippen LogP contribution in [-0.2, 0) is 16.0 Å². The fourth-order valence-electron chi connectivity index (χ4n) is 1.69. The quantitative estimate of drug-likeness (QED) is 0.753. The molecule has 1 radical (unpaired) electrons. The maximum atomic E-state index is 11.8. The van der Waals surface area contributed by atoms with Crippen molar-refractivity contribution in [2.75, 3.05) is 0 Å². The molecule has 0 fully saturated rings. The van der Waals surface area contributed by atoms with Crippen LogP contribution in [0.4, 0.5) is 0 Å². The molecule has 1 rings (SSSR count). The second-order valence-electron chi connectivity index (χ2n) is 4.26. The maximum Gasteiger partial charge on any atom is 0.237 e. The molecule has 4 nitrogen and oxygen atoms in total. The van der Waals surface area contributed by atoms with Crippen LogP contribution in [-0.4, -0.2) is 24.3 Å². The molecule has 0 unspecified atom stereocenters. The van der Waals surface area contributed by atoms with Gasteiger partial charge in [0.25, 0.3) is 0 Å². The number of nitrogens with one attached hydrogen (secondary N) is 1. The monoisotopic (exact) mass is 247 g/mol. The summed E-state index contributed by atoms with van der Waals surface area (Å²) < 4.78 is 0. The Kier molecular flexibility index (Phi) is 6.08. The SMILES string of the molecule is CCC[C@@H]([C]=O)NC(=O)[C@@H](N)Cc1ccccc1. The maximum absolute atomic E-state index is 11.8. The number of carbonyl (C=O) groups is 1. The fraction of sp³-hybridized carbons (Fsp3) is 0.429. The summed E-state index contributed by atoms with van der Waals surface area (Å²) in [6.07, 6.45) is 3.68. The van der Waals surface area contributed by atoms with Crippen molar-refractivity contribution in [2.45, 2.75) is 38.3 Å². The number of hydrogen-bond acceptors (Lipinski definition) is 3. The van der Waals surface area contributed by atoms with Crippen LogP contribution in [0.1, 0.15) is 25.3 Å². The van der Waals surface area contributed by atoms with Crippen LogP contribution < -0.4 is 11.1 Å². The van der Waals surface area contributed by atoms with Crippen molar-refractivity contribution >= 4 is 12.2 Å². The van der Waals surface area contributed by atoms with E-state index in [9.17, 15) is 9.59 Å². The zero-order valence-corrected chi connectivity index (χ0v) is 10.6. The van der Waals surface area contributed by atoms with Gasteiger partial charge in [-0.15, -0.1) is 0 Å². The highest BCUT2D eigenvalue weighted by molar-refractivity contribution is 5.84. The third-order valence-corrected chi connectivity index (χ3v) is 2.67. The number of rotatable bonds is 7. The molecule has 0 saturated heterocycles. The van der Waals surface area contributed by atoms with Crippen molar-refractivity contribution in [3.05, 3.63) is 35.9 Å². The number of amides is 1. The molecule has 18 heavy (non-hydrogen) atoms. The summed E-state index contributed by atoms with van der Waals surface area (Å²) in [7, 11) is 0. The highest BCUT2D eigenvalue weighted by Gasteiger charge is 2.17. The summed E-state index contributed by atoms with van der Waals surface area (Å²) in [5.41, 5.74) is 6.81. The van der Waals surface area contributed by atoms with Gasteiger partial charge in [-0.2, -0.15) is 0 Å². The Balaban J connectivity index is 2.48. The number of hydrogen-bond donors (Lipinski definition) is 2. The first-order chi connectivity index (χ1) is 8.67. The summed E-state index contributed by atoms with van der Waals surface area (Å²) in [6, 6.07) is 8.36. The Hall–Kier alpha value is -1.68. The Bertz CT molecular complexity index is 379. The van der Waals surface area contributed by atoms with E-state index in [1.165, 1.54) is 0 Å². The molecule has 0 aliphatic heterocycles. The summed E-state index contributed by atoms with van der Waals surface area (Å²) in [4.78, 5) is 22.4. The molecule has 0 aromatic heterocycles. The fourth-order valence-corrected chi connectivity index (χ4v) is 1.69. The Morgan fingerprint density at radius 3 is 2.61 bits per heavy atom. The summed E-state index contributed by atoms with van der Waals surface area (Å²) >= 11 is 0. The average molecular weight is 247 g/mol. The van der Waals surface area contributed by atoms with E-state index in [2.05, 4.69) is 5.32 Å². The molecule has 1 aromatic rings. The van der Waals surface area contributed by atoms with Gasteiger partial charge in [-0.3, -0.25) is 9.59 Å². The van der Waals surface area contributed by atoms with Crippen LogP contribution in [0, 0.1) is 0 Å². The molecule has 2 atom stereocenters. The van der Waals surface area contributed by atoms with Gasteiger partial charge in [-0.25, -0.2) is 0 Å². The van der Waals surface area contributed by atoms with Gasteiger partial charge in [0.05, 0.1) is 12.1 Å². The predicted octanol–water partition coefficient (Wildman–Crippen LogP) is 0.951. The lowest BCUT2D eigenvalue weighted by Gasteiger charge is -2.15. The topological polar surface area (TPSA) is 72.2 Å². The van der Waals surface area contributed by atoms with Gasteiger partial charge >= 0.3 is 0 Å². The lowest BCUT2D eigenvalue weighted by Crippen LogP contribution is -2.46. The van der Waals surface area contributed by atoms with Crippen LogP contribution in [0.2, 0.25) is 0 Å². The van der Waals surface area contributed by atoms with Crippen molar-refractivity contribution in [3.63, 3.8) is 0 Å². The van der Waals surface area contributed by atoms with Gasteiger partial charge in [-0.05, 0) is 18.4 Å². The molecular formula is C14H19N2O2. The first-order valence-corrected chi connectivity index (χ1v) is 6.15. The highest BCUT2D eigenvalue weighted by Crippen LogP contribution is 2.02. The van der Waals surface area contributed by atoms with Crippen molar-refractivity contribution in [3.8, 4) is 0 Å². The van der Waals surface area contributed by atoms with Gasteiger partial charge in [-0.1, -0.05) is 43.7 Å². The molecule has 0 saturated carbocycles. The van der Waals surface area contributed by atoms with Gasteiger partial charge in [0.1, 0.15) is 0 Å². The highest BCUT2D eigenvalue weighted by atomic mass is 16.2. The zero-order valence-electron chi connectivity index (χ0n) is 10.6. The molecule has 0 bridgehead atoms. The van der Waals surface area contributed by atoms with E-state index in [4.69, 9.17) is 5.73 Å². The number of nitrogens with two attached hydrogens (primary N) is 1. The van der Waals surface area contributed by atoms with E-state index in [1.54, 1.807) is 0 Å². The largest absolute Gasteiger partial charge is 0.344 e. The lowest BCUT2D eigenvalue weighted by atomic mass is 10.1. The standard InChI is InChI=1S/C14H19N2O2/c1-2-6-12(10-17)16-14(18)13(15)9-11-7-4-3-5-8-11/h3-5,7-8,12-13H,2,6,9,15H2,1H3,(H,16,18)/t12-,13-/m0/s1. The number of benzene rings is 1. The Labute approximate surface area is 108 Å². The molecule has 0 aliphatic rings. The number of carbonyl (C=O) groups excluding carboxylic acids is 2. The molecule has 0 spiro atoms. The van der Waals surface area contributed by atoms with Crippen molar-refractivity contribution in [1.82, 2.24) is 5.32 Å². The molecule has 4 heteroatoms. The normalized spacial score (nSPS) is 13.7. The van der Waals surface area contributed by atoms with Crippen LogP contribution in [0.5, 0.6) is 0 Å². The van der Waals surface area contributed by atoms with E-state index in [0.717, 1.165) is 12.0 Å². The smallest absolute Gasteiger partial charge is 0.237 e. The zero-order chi connectivity index (χ0) is 13.4. The van der Waals surface area contributed by atoms with Gasteiger partial charge in [0.15, 0.2) is 0 Å². The molecule has 0 aliphatic carbocycles. The third-order valence-electron chi connectivity index (χ3n) is 2.67. The van der Waals surface area contributed by atoms with E-state index in [1.807, 2.05) is 43.5 Å². The third kappa shape index (κ3) is 4.67. The molecule has 97 valence electrons. The van der Waals surface area contributed by atoms with Crippen molar-refractivity contribution < 1.29 is 9.59 Å². The van der Waals surface area contributed by atoms with E-state index in [0.29, 0.717) is 12.8 Å². The summed E-state index contributed by atoms with van der Waals surface area (Å²) in [5.74, 6) is -0.305. The summed E-state index contributed by atoms with van der Waals surface area (Å²) in [5, 5.41) is 2.60. The second kappa shape index (κ2) is 7.61. The van der Waals surface area contributed by atoms with E-state index >= 15 is 0 Å². The van der Waals surface area contributed by atoms with Gasteiger partial charge in [0, 0.05) is 0 Å². The minimum atomic E-state index is -0.639. The van der Waals surface area contributed by atoms with Crippen LogP contribution in [0.3, 0.4) is 0 Å². The Morgan fingerprint density at radius 2 is 2.06 bits per heavy atom. The van der Waals surface area contributed by atoms with Crippen LogP contribution in [0.25, 0.3) is 0 Å².